The molecule has 0 saturated heterocycles. The van der Waals surface area contributed by atoms with E-state index in [2.05, 4.69) is 46.5 Å². The highest BCUT2D eigenvalue weighted by Gasteiger charge is 2.13. The molecule has 21 heavy (non-hydrogen) atoms. The summed E-state index contributed by atoms with van der Waals surface area (Å²) in [6, 6.07) is 16.6. The van der Waals surface area contributed by atoms with Gasteiger partial charge in [-0.05, 0) is 23.8 Å². The van der Waals surface area contributed by atoms with Gasteiger partial charge in [0.25, 0.3) is 0 Å². The topological polar surface area (TPSA) is 40.8 Å². The van der Waals surface area contributed by atoms with Crippen LogP contribution in [-0.2, 0) is 6.42 Å². The van der Waals surface area contributed by atoms with Crippen LogP contribution in [0.15, 0.2) is 54.7 Å². The van der Waals surface area contributed by atoms with Gasteiger partial charge in [0.05, 0.1) is 12.8 Å². The second-order valence-corrected chi connectivity index (χ2v) is 5.22. The van der Waals surface area contributed by atoms with Crippen LogP contribution in [0, 0.1) is 0 Å². The zero-order valence-electron chi connectivity index (χ0n) is 11.8. The summed E-state index contributed by atoms with van der Waals surface area (Å²) in [5.74, 6) is 0.941. The van der Waals surface area contributed by atoms with Gasteiger partial charge in [-0.25, -0.2) is 0 Å². The van der Waals surface area contributed by atoms with Gasteiger partial charge in [0.15, 0.2) is 0 Å². The van der Waals surface area contributed by atoms with Crippen molar-refractivity contribution < 1.29 is 4.74 Å². The summed E-state index contributed by atoms with van der Waals surface area (Å²) in [7, 11) is 1.73. The predicted molar refractivity (Wildman–Crippen MR) is 86.0 cm³/mol. The highest BCUT2D eigenvalue weighted by Crippen LogP contribution is 2.32. The molecule has 2 aromatic heterocycles. The van der Waals surface area contributed by atoms with E-state index in [1.54, 1.807) is 7.11 Å². The van der Waals surface area contributed by atoms with E-state index in [1.807, 2.05) is 18.2 Å². The first-order valence-electron chi connectivity index (χ1n) is 7.05. The largest absolute Gasteiger partial charge is 0.494 e. The molecule has 2 heterocycles. The lowest BCUT2D eigenvalue weighted by Gasteiger charge is -2.03. The molecule has 0 spiro atoms. The number of benzene rings is 2. The molecule has 0 aliphatic carbocycles. The van der Waals surface area contributed by atoms with Crippen LogP contribution in [0.5, 0.6) is 5.75 Å². The molecule has 0 fully saturated rings. The molecule has 4 rings (SSSR count). The molecule has 0 saturated carbocycles. The highest BCUT2D eigenvalue weighted by molar-refractivity contribution is 5.89. The van der Waals surface area contributed by atoms with Gasteiger partial charge >= 0.3 is 0 Å². The van der Waals surface area contributed by atoms with Gasteiger partial charge in [-0.15, -0.1) is 0 Å². The Balaban J connectivity index is 1.84. The number of hydrogen-bond acceptors (Lipinski definition) is 1. The van der Waals surface area contributed by atoms with Crippen LogP contribution in [0.2, 0.25) is 0 Å². The van der Waals surface area contributed by atoms with Crippen molar-refractivity contribution in [2.24, 2.45) is 0 Å². The summed E-state index contributed by atoms with van der Waals surface area (Å²) in [6.45, 7) is 0. The zero-order chi connectivity index (χ0) is 14.2. The maximum absolute atomic E-state index is 5.62. The van der Waals surface area contributed by atoms with Crippen molar-refractivity contribution >= 4 is 21.8 Å². The second-order valence-electron chi connectivity index (χ2n) is 5.22. The quantitative estimate of drug-likeness (QED) is 0.577. The Bertz CT molecular complexity index is 917. The van der Waals surface area contributed by atoms with Gasteiger partial charge in [0.2, 0.25) is 0 Å². The third-order valence-corrected chi connectivity index (χ3v) is 3.98. The fraction of sp³-hybridized carbons (Fsp3) is 0.111. The minimum Gasteiger partial charge on any atom is -0.494 e. The molecule has 0 unspecified atom stereocenters. The van der Waals surface area contributed by atoms with E-state index < -0.39 is 0 Å². The van der Waals surface area contributed by atoms with Crippen LogP contribution in [-0.4, -0.2) is 17.1 Å². The lowest BCUT2D eigenvalue weighted by atomic mass is 10.1. The van der Waals surface area contributed by atoms with Crippen molar-refractivity contribution in [2.75, 3.05) is 7.11 Å². The number of hydrogen-bond donors (Lipinski definition) is 2. The van der Waals surface area contributed by atoms with E-state index in [-0.39, 0.29) is 0 Å². The Morgan fingerprint density at radius 2 is 1.62 bits per heavy atom. The molecule has 0 radical (unpaired) electrons. The van der Waals surface area contributed by atoms with E-state index in [4.69, 9.17) is 4.74 Å². The Labute approximate surface area is 122 Å². The third kappa shape index (κ3) is 1.89. The molecular formula is C18H16N2O. The minimum absolute atomic E-state index is 0.821. The fourth-order valence-corrected chi connectivity index (χ4v) is 3.00. The summed E-state index contributed by atoms with van der Waals surface area (Å²) in [5.41, 5.74) is 4.67. The van der Waals surface area contributed by atoms with Gasteiger partial charge in [0, 0.05) is 34.4 Å². The number of fused-ring (bicyclic) bond motifs is 2. The number of para-hydroxylation sites is 2. The molecule has 0 amide bonds. The molecule has 2 N–H and O–H groups in total. The lowest BCUT2D eigenvalue weighted by molar-refractivity contribution is 0.415. The molecule has 0 aliphatic rings. The number of nitrogens with one attached hydrogen (secondary N) is 2. The third-order valence-electron chi connectivity index (χ3n) is 3.98. The van der Waals surface area contributed by atoms with Gasteiger partial charge in [-0.3, -0.25) is 0 Å². The Hall–Kier alpha value is -2.68. The smallest absolute Gasteiger partial charge is 0.147 e. The van der Waals surface area contributed by atoms with E-state index in [0.717, 1.165) is 28.8 Å². The normalized spacial score (nSPS) is 11.3. The molecule has 3 nitrogen and oxygen atoms in total. The summed E-state index contributed by atoms with van der Waals surface area (Å²) >= 11 is 0. The van der Waals surface area contributed by atoms with Gasteiger partial charge in [0.1, 0.15) is 5.75 Å². The standard InChI is InChI=1S/C18H16N2O/c1-21-18-14-7-3-5-9-16(14)20-17(18)10-12-11-19-15-8-4-2-6-13(12)15/h2-9,11,19-20H,10H2,1H3. The van der Waals surface area contributed by atoms with E-state index in [9.17, 15) is 0 Å². The molecule has 2 aromatic carbocycles. The molecule has 104 valence electrons. The number of H-pyrrole nitrogens is 2. The summed E-state index contributed by atoms with van der Waals surface area (Å²) in [5, 5.41) is 2.40. The maximum Gasteiger partial charge on any atom is 0.147 e. The van der Waals surface area contributed by atoms with E-state index in [1.165, 1.54) is 16.5 Å². The van der Waals surface area contributed by atoms with Gasteiger partial charge in [-0.2, -0.15) is 0 Å². The Kier molecular flexibility index (Phi) is 2.71. The molecule has 0 atom stereocenters. The summed E-state index contributed by atoms with van der Waals surface area (Å²) in [6.07, 6.45) is 2.90. The molecule has 0 aliphatic heterocycles. The van der Waals surface area contributed by atoms with Crippen LogP contribution in [0.3, 0.4) is 0 Å². The van der Waals surface area contributed by atoms with Crippen LogP contribution < -0.4 is 4.74 Å². The van der Waals surface area contributed by atoms with Crippen LogP contribution in [0.25, 0.3) is 21.8 Å². The van der Waals surface area contributed by atoms with Gasteiger partial charge < -0.3 is 14.7 Å². The fourth-order valence-electron chi connectivity index (χ4n) is 3.00. The SMILES string of the molecule is COc1c(Cc2c[nH]c3ccccc23)[nH]c2ccccc12. The van der Waals surface area contributed by atoms with Crippen molar-refractivity contribution in [1.29, 1.82) is 0 Å². The summed E-state index contributed by atoms with van der Waals surface area (Å²) in [4.78, 5) is 6.80. The first-order chi connectivity index (χ1) is 10.4. The van der Waals surface area contributed by atoms with Crippen molar-refractivity contribution in [3.05, 3.63) is 66.0 Å². The number of rotatable bonds is 3. The second kappa shape index (κ2) is 4.70. The Morgan fingerprint density at radius 1 is 0.905 bits per heavy atom. The van der Waals surface area contributed by atoms with E-state index in [0.29, 0.717) is 0 Å². The average Bonchev–Trinajstić information content (AvgIpc) is 3.09. The number of aromatic amines is 2. The molecule has 0 bridgehead atoms. The number of methoxy groups -OCH3 is 1. The average molecular weight is 276 g/mol. The Morgan fingerprint density at radius 3 is 2.43 bits per heavy atom. The predicted octanol–water partition coefficient (Wildman–Crippen LogP) is 4.25. The summed E-state index contributed by atoms with van der Waals surface area (Å²) < 4.78 is 5.62. The maximum atomic E-state index is 5.62. The molecule has 4 aromatic rings. The van der Waals surface area contributed by atoms with Crippen molar-refractivity contribution in [1.82, 2.24) is 9.97 Å². The lowest BCUT2D eigenvalue weighted by Crippen LogP contribution is -1.91. The number of ether oxygens (including phenoxy) is 1. The molecular weight excluding hydrogens is 260 g/mol. The van der Waals surface area contributed by atoms with Crippen molar-refractivity contribution in [3.63, 3.8) is 0 Å². The number of aromatic nitrogens is 2. The van der Waals surface area contributed by atoms with Gasteiger partial charge in [-0.1, -0.05) is 30.3 Å². The monoisotopic (exact) mass is 276 g/mol. The van der Waals surface area contributed by atoms with E-state index >= 15 is 0 Å². The minimum atomic E-state index is 0.821. The zero-order valence-corrected chi connectivity index (χ0v) is 11.8. The molecule has 3 heteroatoms. The first-order valence-corrected chi connectivity index (χ1v) is 7.05. The van der Waals surface area contributed by atoms with Crippen molar-refractivity contribution in [3.8, 4) is 5.75 Å². The van der Waals surface area contributed by atoms with Crippen LogP contribution in [0.1, 0.15) is 11.3 Å². The highest BCUT2D eigenvalue weighted by atomic mass is 16.5. The van der Waals surface area contributed by atoms with Crippen LogP contribution in [0.4, 0.5) is 0 Å². The van der Waals surface area contributed by atoms with Crippen LogP contribution >= 0.6 is 0 Å². The first kappa shape index (κ1) is 12.1. The van der Waals surface area contributed by atoms with Crippen molar-refractivity contribution in [2.45, 2.75) is 6.42 Å².